The van der Waals surface area contributed by atoms with Crippen LogP contribution in [0.2, 0.25) is 0 Å². The second-order valence-corrected chi connectivity index (χ2v) is 9.44. The van der Waals surface area contributed by atoms with E-state index in [-0.39, 0.29) is 11.6 Å². The second-order valence-electron chi connectivity index (χ2n) is 8.28. The highest BCUT2D eigenvalue weighted by molar-refractivity contribution is 14.1. The normalized spacial score (nSPS) is 15.5. The first kappa shape index (κ1) is 20.2. The molecule has 33 heavy (non-hydrogen) atoms. The first-order valence-electron chi connectivity index (χ1n) is 10.5. The van der Waals surface area contributed by atoms with Crippen LogP contribution < -0.4 is 4.90 Å². The van der Waals surface area contributed by atoms with Gasteiger partial charge in [-0.15, -0.1) is 0 Å². The van der Waals surface area contributed by atoms with Crippen molar-refractivity contribution >= 4 is 40.1 Å². The van der Waals surface area contributed by atoms with Crippen molar-refractivity contribution in [3.05, 3.63) is 81.7 Å². The number of benzene rings is 2. The highest BCUT2D eigenvalue weighted by Crippen LogP contribution is 2.56. The first-order valence-corrected chi connectivity index (χ1v) is 11.5. The number of halogens is 2. The van der Waals surface area contributed by atoms with E-state index >= 15 is 4.39 Å². The third-order valence-corrected chi connectivity index (χ3v) is 6.85. The lowest BCUT2D eigenvalue weighted by Crippen LogP contribution is -2.31. The van der Waals surface area contributed by atoms with Gasteiger partial charge in [0.1, 0.15) is 22.7 Å². The molecule has 0 bridgehead atoms. The van der Waals surface area contributed by atoms with Crippen LogP contribution in [0.15, 0.2) is 61.2 Å². The third-order valence-electron chi connectivity index (χ3n) is 6.03. The Bertz CT molecular complexity index is 1470. The Hall–Kier alpha value is -3.45. The van der Waals surface area contributed by atoms with Gasteiger partial charge < -0.3 is 4.57 Å². The number of hydrogen-bond acceptors (Lipinski definition) is 3. The Balaban J connectivity index is 1.43. The van der Waals surface area contributed by atoms with Crippen molar-refractivity contribution in [2.75, 3.05) is 4.90 Å². The number of amides is 1. The van der Waals surface area contributed by atoms with Crippen LogP contribution >= 0.6 is 22.6 Å². The Kier molecular flexibility index (Phi) is 4.45. The topological polar surface area (TPSA) is 56.0 Å². The van der Waals surface area contributed by atoms with Crippen LogP contribution in [0.3, 0.4) is 0 Å². The first-order chi connectivity index (χ1) is 16.0. The van der Waals surface area contributed by atoms with Gasteiger partial charge in [0.05, 0.1) is 18.2 Å². The number of nitrogens with zero attached hydrogens (tertiary/aromatic N) is 5. The predicted molar refractivity (Wildman–Crippen MR) is 130 cm³/mol. The van der Waals surface area contributed by atoms with Crippen molar-refractivity contribution in [3.63, 3.8) is 0 Å². The fourth-order valence-corrected chi connectivity index (χ4v) is 5.15. The van der Waals surface area contributed by atoms with Crippen LogP contribution in [-0.4, -0.2) is 25.0 Å². The number of fused-ring (bicyclic) bond motifs is 2. The molecule has 6 rings (SSSR count). The maximum absolute atomic E-state index is 15.4. The summed E-state index contributed by atoms with van der Waals surface area (Å²) in [6, 6.07) is 12.7. The number of carbonyl (C=O) groups is 1. The maximum Gasteiger partial charge on any atom is 0.260 e. The number of rotatable bonds is 2. The van der Waals surface area contributed by atoms with Gasteiger partial charge in [-0.3, -0.25) is 9.36 Å². The van der Waals surface area contributed by atoms with Gasteiger partial charge in [0.25, 0.3) is 5.91 Å². The number of carbonyl (C=O) groups excluding carboxylic acids is 1. The number of anilines is 2. The Morgan fingerprint density at radius 3 is 2.52 bits per heavy atom. The highest BCUT2D eigenvalue weighted by atomic mass is 127. The SMILES string of the molecule is Cn1cnc(-c2cnc3n2C2(CC2)C(=O)N3c2c(F)cc(C#Cc3ccccc3)cc2I)c1. The smallest absolute Gasteiger partial charge is 0.260 e. The molecule has 1 aliphatic carbocycles. The monoisotopic (exact) mass is 549 g/mol. The van der Waals surface area contributed by atoms with E-state index in [2.05, 4.69) is 44.4 Å². The summed E-state index contributed by atoms with van der Waals surface area (Å²) in [5.41, 5.74) is 2.41. The van der Waals surface area contributed by atoms with E-state index in [0.29, 0.717) is 27.9 Å². The molecular formula is C25H17FIN5O. The summed E-state index contributed by atoms with van der Waals surface area (Å²) in [7, 11) is 1.89. The summed E-state index contributed by atoms with van der Waals surface area (Å²) >= 11 is 2.06. The largest absolute Gasteiger partial charge is 0.340 e. The number of imidazole rings is 2. The van der Waals surface area contributed by atoms with Crippen molar-refractivity contribution in [1.29, 1.82) is 0 Å². The van der Waals surface area contributed by atoms with Gasteiger partial charge in [-0.05, 0) is 59.7 Å². The molecule has 2 aromatic carbocycles. The lowest BCUT2D eigenvalue weighted by molar-refractivity contribution is -0.120. The molecule has 8 heteroatoms. The molecule has 1 amide bonds. The minimum atomic E-state index is -0.708. The van der Waals surface area contributed by atoms with Crippen LogP contribution in [0.4, 0.5) is 16.0 Å². The van der Waals surface area contributed by atoms with E-state index in [0.717, 1.165) is 17.0 Å². The van der Waals surface area contributed by atoms with E-state index in [4.69, 9.17) is 0 Å². The van der Waals surface area contributed by atoms with Gasteiger partial charge in [-0.1, -0.05) is 30.0 Å². The quantitative estimate of drug-likeness (QED) is 0.272. The summed E-state index contributed by atoms with van der Waals surface area (Å²) < 4.78 is 19.8. The molecule has 1 fully saturated rings. The summed E-state index contributed by atoms with van der Waals surface area (Å²) in [5, 5.41) is 0. The van der Waals surface area contributed by atoms with Gasteiger partial charge in [-0.2, -0.15) is 0 Å². The minimum Gasteiger partial charge on any atom is -0.340 e. The summed E-state index contributed by atoms with van der Waals surface area (Å²) in [5.74, 6) is 5.84. The molecule has 6 nitrogen and oxygen atoms in total. The Morgan fingerprint density at radius 2 is 1.85 bits per heavy atom. The molecule has 2 aromatic heterocycles. The van der Waals surface area contributed by atoms with Crippen molar-refractivity contribution in [2.24, 2.45) is 7.05 Å². The van der Waals surface area contributed by atoms with Crippen LogP contribution in [0.5, 0.6) is 0 Å². The van der Waals surface area contributed by atoms with Gasteiger partial charge in [-0.25, -0.2) is 19.3 Å². The maximum atomic E-state index is 15.4. The molecule has 0 radical (unpaired) electrons. The van der Waals surface area contributed by atoms with Crippen molar-refractivity contribution < 1.29 is 9.18 Å². The lowest BCUT2D eigenvalue weighted by Gasteiger charge is -2.18. The van der Waals surface area contributed by atoms with Crippen molar-refractivity contribution in [1.82, 2.24) is 19.1 Å². The summed E-state index contributed by atoms with van der Waals surface area (Å²) in [6.07, 6.45) is 6.70. The zero-order chi connectivity index (χ0) is 22.7. The van der Waals surface area contributed by atoms with E-state index < -0.39 is 11.4 Å². The molecule has 2 aliphatic rings. The Labute approximate surface area is 203 Å². The molecule has 0 saturated heterocycles. The molecule has 0 atom stereocenters. The van der Waals surface area contributed by atoms with Crippen LogP contribution in [0.1, 0.15) is 24.0 Å². The molecule has 162 valence electrons. The lowest BCUT2D eigenvalue weighted by atomic mass is 10.1. The molecule has 4 aromatic rings. The zero-order valence-electron chi connectivity index (χ0n) is 17.6. The molecule has 0 N–H and O–H groups in total. The van der Waals surface area contributed by atoms with Gasteiger partial charge in [0.2, 0.25) is 5.95 Å². The summed E-state index contributed by atoms with van der Waals surface area (Å²) in [6.45, 7) is 0. The van der Waals surface area contributed by atoms with Crippen LogP contribution in [-0.2, 0) is 17.4 Å². The average molecular weight is 549 g/mol. The zero-order valence-corrected chi connectivity index (χ0v) is 19.7. The fraction of sp³-hybridized carbons (Fsp3) is 0.160. The molecule has 1 aliphatic heterocycles. The average Bonchev–Trinajstić information content (AvgIpc) is 3.20. The van der Waals surface area contributed by atoms with E-state index in [1.54, 1.807) is 18.6 Å². The van der Waals surface area contributed by atoms with E-state index in [1.807, 2.05) is 52.7 Å². The molecular weight excluding hydrogens is 532 g/mol. The highest BCUT2D eigenvalue weighted by Gasteiger charge is 2.62. The summed E-state index contributed by atoms with van der Waals surface area (Å²) in [4.78, 5) is 23.9. The molecule has 0 unspecified atom stereocenters. The fourth-order valence-electron chi connectivity index (χ4n) is 4.32. The third kappa shape index (κ3) is 3.10. The molecule has 3 heterocycles. The van der Waals surface area contributed by atoms with Crippen LogP contribution in [0, 0.1) is 21.2 Å². The van der Waals surface area contributed by atoms with E-state index in [1.165, 1.54) is 11.0 Å². The number of aryl methyl sites for hydroxylation is 1. The second kappa shape index (κ2) is 7.28. The number of aromatic nitrogens is 4. The molecule has 1 spiro atoms. The van der Waals surface area contributed by atoms with E-state index in [9.17, 15) is 4.79 Å². The van der Waals surface area contributed by atoms with Crippen molar-refractivity contribution in [2.45, 2.75) is 18.4 Å². The van der Waals surface area contributed by atoms with Gasteiger partial charge in [0.15, 0.2) is 0 Å². The van der Waals surface area contributed by atoms with Crippen molar-refractivity contribution in [3.8, 4) is 23.2 Å². The van der Waals surface area contributed by atoms with Gasteiger partial charge in [0, 0.05) is 27.9 Å². The molecule has 1 saturated carbocycles. The van der Waals surface area contributed by atoms with Crippen LogP contribution in [0.25, 0.3) is 11.4 Å². The minimum absolute atomic E-state index is 0.150. The van der Waals surface area contributed by atoms with Gasteiger partial charge >= 0.3 is 0 Å². The number of hydrogen-bond donors (Lipinski definition) is 0. The predicted octanol–water partition coefficient (Wildman–Crippen LogP) is 4.59. The standard InChI is InChI=1S/C25H17FIN5O/c1-30-14-20(29-15-30)21-13-28-24-31(23(33)25(9-10-25)32(21)24)22-18(26)11-17(12-19(22)27)8-7-16-5-3-2-4-6-16/h2-6,11-15H,9-10H2,1H3. The Morgan fingerprint density at radius 1 is 1.09 bits per heavy atom.